The Hall–Kier alpha value is -4.69. The van der Waals surface area contributed by atoms with Gasteiger partial charge in [0.25, 0.3) is 0 Å². The molecule has 4 aromatic rings. The lowest BCUT2D eigenvalue weighted by molar-refractivity contribution is -0.138. The van der Waals surface area contributed by atoms with Gasteiger partial charge in [-0.1, -0.05) is 48.5 Å². The van der Waals surface area contributed by atoms with Crippen molar-refractivity contribution in [2.75, 3.05) is 0 Å². The molecule has 0 N–H and O–H groups in total. The lowest BCUT2D eigenvalue weighted by atomic mass is 9.96. The van der Waals surface area contributed by atoms with Crippen LogP contribution >= 0.6 is 0 Å². The molecule has 0 aromatic heterocycles. The third kappa shape index (κ3) is 7.09. The molecule has 0 spiro atoms. The minimum absolute atomic E-state index is 0.418. The number of carbonyl (C=O) groups excluding carboxylic acids is 1. The minimum Gasteiger partial charge on any atom is -0.394 e. The van der Waals surface area contributed by atoms with Crippen LogP contribution in [0.25, 0.3) is 22.3 Å². The first-order valence-corrected chi connectivity index (χ1v) is 11.9. The van der Waals surface area contributed by atoms with E-state index < -0.39 is 86.9 Å². The molecule has 0 unspecified atom stereocenters. The average molecular weight is 638 g/mol. The van der Waals surface area contributed by atoms with Crippen molar-refractivity contribution in [2.24, 2.45) is 0 Å². The number of ether oxygens (including phenoxy) is 2. The molecule has 0 saturated carbocycles. The minimum atomic E-state index is -5.35. The first kappa shape index (κ1) is 32.2. The molecule has 232 valence electrons. The van der Waals surface area contributed by atoms with Crippen LogP contribution in [0.15, 0.2) is 84.9 Å². The van der Waals surface area contributed by atoms with E-state index in [1.165, 1.54) is 0 Å². The van der Waals surface area contributed by atoms with E-state index in [1.807, 2.05) is 0 Å². The van der Waals surface area contributed by atoms with Crippen molar-refractivity contribution in [3.63, 3.8) is 0 Å². The van der Waals surface area contributed by atoms with E-state index in [1.54, 1.807) is 0 Å². The molecular formula is C29H14F12O3. The van der Waals surface area contributed by atoms with Crippen molar-refractivity contribution in [1.29, 1.82) is 0 Å². The second-order valence-corrected chi connectivity index (χ2v) is 8.96. The average Bonchev–Trinajstić information content (AvgIpc) is 2.91. The Balaban J connectivity index is 1.75. The van der Waals surface area contributed by atoms with Gasteiger partial charge in [-0.15, -0.1) is 0 Å². The van der Waals surface area contributed by atoms with E-state index >= 15 is 0 Å². The quantitative estimate of drug-likeness (QED) is 0.127. The van der Waals surface area contributed by atoms with Crippen molar-refractivity contribution in [2.45, 2.75) is 24.7 Å². The molecule has 0 aliphatic carbocycles. The second-order valence-electron chi connectivity index (χ2n) is 8.96. The second kappa shape index (κ2) is 11.4. The van der Waals surface area contributed by atoms with E-state index in [-0.39, 0.29) is 0 Å². The van der Waals surface area contributed by atoms with Gasteiger partial charge in [-0.25, -0.2) is 4.79 Å². The Bertz CT molecular complexity index is 1560. The molecule has 0 radical (unpaired) electrons. The van der Waals surface area contributed by atoms with Crippen molar-refractivity contribution in [1.82, 2.24) is 0 Å². The van der Waals surface area contributed by atoms with E-state index in [2.05, 4.69) is 9.47 Å². The summed E-state index contributed by atoms with van der Waals surface area (Å²) in [7, 11) is 0. The van der Waals surface area contributed by atoms with E-state index in [0.29, 0.717) is 36.4 Å². The van der Waals surface area contributed by atoms with Crippen molar-refractivity contribution in [3.05, 3.63) is 107 Å². The molecule has 44 heavy (non-hydrogen) atoms. The number of hydrogen-bond donors (Lipinski definition) is 0. The Morgan fingerprint density at radius 3 is 1.11 bits per heavy atom. The van der Waals surface area contributed by atoms with Crippen molar-refractivity contribution in [3.8, 4) is 33.8 Å². The summed E-state index contributed by atoms with van der Waals surface area (Å²) in [5.74, 6) is -2.61. The summed E-state index contributed by atoms with van der Waals surface area (Å²) in [6.45, 7) is 0. The van der Waals surface area contributed by atoms with Crippen LogP contribution < -0.4 is 9.47 Å². The highest BCUT2D eigenvalue weighted by Gasteiger charge is 2.41. The zero-order valence-electron chi connectivity index (χ0n) is 21.3. The Morgan fingerprint density at radius 1 is 0.455 bits per heavy atom. The lowest BCUT2D eigenvalue weighted by Crippen LogP contribution is -2.20. The summed E-state index contributed by atoms with van der Waals surface area (Å²) in [6.07, 6.45) is -22.6. The van der Waals surface area contributed by atoms with Gasteiger partial charge in [-0.3, -0.25) is 0 Å². The summed E-state index contributed by atoms with van der Waals surface area (Å²) in [5, 5.41) is 0. The first-order chi connectivity index (χ1) is 20.3. The van der Waals surface area contributed by atoms with Crippen molar-refractivity contribution >= 4 is 6.16 Å². The molecule has 0 heterocycles. The zero-order valence-corrected chi connectivity index (χ0v) is 21.3. The smallest absolute Gasteiger partial charge is 0.394 e. The molecule has 15 heteroatoms. The van der Waals surface area contributed by atoms with Crippen LogP contribution in [0.1, 0.15) is 22.3 Å². The maximum atomic E-state index is 14.1. The molecule has 4 aromatic carbocycles. The molecule has 0 aliphatic rings. The monoisotopic (exact) mass is 638 g/mol. The lowest BCUT2D eigenvalue weighted by Gasteiger charge is -2.19. The summed E-state index contributed by atoms with van der Waals surface area (Å²) >= 11 is 0. The summed E-state index contributed by atoms with van der Waals surface area (Å²) in [4.78, 5) is 12.5. The maximum Gasteiger partial charge on any atom is 0.519 e. The number of hydrogen-bond acceptors (Lipinski definition) is 3. The number of halogens is 12. The van der Waals surface area contributed by atoms with Crippen LogP contribution in [-0.4, -0.2) is 6.16 Å². The normalized spacial score (nSPS) is 12.6. The largest absolute Gasteiger partial charge is 0.519 e. The maximum absolute atomic E-state index is 14.1. The fourth-order valence-corrected chi connectivity index (χ4v) is 4.22. The van der Waals surface area contributed by atoms with Crippen LogP contribution in [0.2, 0.25) is 0 Å². The van der Waals surface area contributed by atoms with Crippen LogP contribution in [0.3, 0.4) is 0 Å². The molecule has 0 amide bonds. The molecule has 0 atom stereocenters. The van der Waals surface area contributed by atoms with E-state index in [0.717, 1.165) is 48.5 Å². The van der Waals surface area contributed by atoms with E-state index in [4.69, 9.17) is 0 Å². The van der Waals surface area contributed by atoms with Crippen LogP contribution in [0.4, 0.5) is 57.5 Å². The molecule has 0 aliphatic heterocycles. The van der Waals surface area contributed by atoms with Crippen LogP contribution in [0.5, 0.6) is 11.5 Å². The first-order valence-electron chi connectivity index (χ1n) is 11.9. The fraction of sp³-hybridized carbons (Fsp3) is 0.138. The van der Waals surface area contributed by atoms with Gasteiger partial charge in [0, 0.05) is 0 Å². The number of rotatable bonds is 4. The fourth-order valence-electron chi connectivity index (χ4n) is 4.22. The third-order valence-electron chi connectivity index (χ3n) is 6.01. The van der Waals surface area contributed by atoms with Gasteiger partial charge in [0.1, 0.15) is 22.6 Å². The van der Waals surface area contributed by atoms with Crippen LogP contribution in [-0.2, 0) is 24.7 Å². The number of carbonyl (C=O) groups is 1. The SMILES string of the molecule is O=C(Oc1cccc(-c2cccc(C(F)(F)F)c2)c1C(F)(F)F)Oc1cccc(-c2cccc(C(F)(F)F)c2)c1C(F)(F)F. The van der Waals surface area contributed by atoms with Gasteiger partial charge in [0.05, 0.1) is 11.1 Å². The Morgan fingerprint density at radius 2 is 0.795 bits per heavy atom. The molecule has 4 rings (SSSR count). The standard InChI is InChI=1S/C29H14F12O3/c30-26(31,32)17-7-1-5-15(13-17)19-9-3-11-21(23(19)28(36,37)38)43-25(42)44-22-12-4-10-20(24(22)29(39,40)41)16-6-2-8-18(14-16)27(33,34)35/h1-14H. The van der Waals surface area contributed by atoms with Gasteiger partial charge in [-0.05, 0) is 58.7 Å². The Labute approximate surface area is 239 Å². The molecule has 0 saturated heterocycles. The highest BCUT2D eigenvalue weighted by Crippen LogP contribution is 2.46. The predicted octanol–water partition coefficient (Wildman–Crippen LogP) is 10.7. The van der Waals surface area contributed by atoms with Gasteiger partial charge in [0.15, 0.2) is 0 Å². The van der Waals surface area contributed by atoms with E-state index in [9.17, 15) is 57.5 Å². The molecule has 0 fully saturated rings. The van der Waals surface area contributed by atoms with Gasteiger partial charge in [0.2, 0.25) is 0 Å². The highest BCUT2D eigenvalue weighted by atomic mass is 19.4. The zero-order chi connectivity index (χ0) is 32.7. The molecular weight excluding hydrogens is 624 g/mol. The topological polar surface area (TPSA) is 35.5 Å². The van der Waals surface area contributed by atoms with Gasteiger partial charge < -0.3 is 9.47 Å². The highest BCUT2D eigenvalue weighted by molar-refractivity contribution is 5.77. The van der Waals surface area contributed by atoms with Crippen molar-refractivity contribution < 1.29 is 67.0 Å². The Kier molecular flexibility index (Phi) is 8.37. The number of alkyl halides is 12. The molecule has 3 nitrogen and oxygen atoms in total. The van der Waals surface area contributed by atoms with Crippen LogP contribution in [0, 0.1) is 0 Å². The van der Waals surface area contributed by atoms with Gasteiger partial charge in [-0.2, -0.15) is 52.7 Å². The summed E-state index contributed by atoms with van der Waals surface area (Å²) < 4.78 is 173. The number of benzene rings is 4. The predicted molar refractivity (Wildman–Crippen MR) is 130 cm³/mol. The summed E-state index contributed by atoms with van der Waals surface area (Å²) in [5.41, 5.74) is -8.87. The third-order valence-corrected chi connectivity index (χ3v) is 6.01. The van der Waals surface area contributed by atoms with Gasteiger partial charge >= 0.3 is 30.9 Å². The molecule has 0 bridgehead atoms. The summed E-state index contributed by atoms with van der Waals surface area (Å²) in [6, 6.07) is 10.1.